The molecular weight excluding hydrogens is 369 g/mol. The number of esters is 1. The van der Waals surface area contributed by atoms with E-state index in [-0.39, 0.29) is 17.4 Å². The van der Waals surface area contributed by atoms with Crippen molar-refractivity contribution >= 4 is 11.9 Å². The lowest BCUT2D eigenvalue weighted by Crippen LogP contribution is -2.31. The molecule has 3 rings (SSSR count). The number of benzene rings is 2. The summed E-state index contributed by atoms with van der Waals surface area (Å²) in [4.78, 5) is 24.1. The summed E-state index contributed by atoms with van der Waals surface area (Å²) < 4.78 is 34.4. The molecule has 1 amide bonds. The third-order valence-electron chi connectivity index (χ3n) is 4.17. The highest BCUT2D eigenvalue weighted by molar-refractivity contribution is 5.91. The van der Waals surface area contributed by atoms with Crippen LogP contribution in [0.25, 0.3) is 0 Å². The van der Waals surface area contributed by atoms with Crippen molar-refractivity contribution < 1.29 is 32.9 Å². The highest BCUT2D eigenvalue weighted by Crippen LogP contribution is 2.32. The molecule has 0 spiro atoms. The molecule has 1 unspecified atom stereocenters. The summed E-state index contributed by atoms with van der Waals surface area (Å²) in [6.45, 7) is 2.28. The Morgan fingerprint density at radius 2 is 1.89 bits per heavy atom. The minimum absolute atomic E-state index is 0.00835. The van der Waals surface area contributed by atoms with E-state index in [2.05, 4.69) is 5.32 Å². The molecule has 0 bridgehead atoms. The van der Waals surface area contributed by atoms with Gasteiger partial charge < -0.3 is 24.3 Å². The molecule has 1 heterocycles. The van der Waals surface area contributed by atoms with E-state index in [1.807, 2.05) is 6.07 Å². The number of nitrogens with one attached hydrogen (secondary N) is 1. The third kappa shape index (κ3) is 4.51. The number of ether oxygens (including phenoxy) is 4. The molecule has 0 saturated heterocycles. The lowest BCUT2D eigenvalue weighted by atomic mass is 10.1. The number of hydrogen-bond acceptors (Lipinski definition) is 6. The van der Waals surface area contributed by atoms with Gasteiger partial charge in [0.05, 0.1) is 18.7 Å². The van der Waals surface area contributed by atoms with E-state index in [9.17, 15) is 14.0 Å². The first-order valence-electron chi connectivity index (χ1n) is 8.67. The molecule has 28 heavy (non-hydrogen) atoms. The van der Waals surface area contributed by atoms with Crippen LogP contribution in [0.4, 0.5) is 4.39 Å². The van der Waals surface area contributed by atoms with Crippen molar-refractivity contribution in [2.24, 2.45) is 0 Å². The Kier molecular flexibility index (Phi) is 5.98. The van der Waals surface area contributed by atoms with Gasteiger partial charge in [-0.15, -0.1) is 0 Å². The number of carbonyl (C=O) groups excluding carboxylic acids is 2. The van der Waals surface area contributed by atoms with Gasteiger partial charge in [-0.05, 0) is 42.8 Å². The molecule has 0 aliphatic carbocycles. The van der Waals surface area contributed by atoms with Gasteiger partial charge in [-0.25, -0.2) is 9.18 Å². The van der Waals surface area contributed by atoms with Crippen LogP contribution in [0.3, 0.4) is 0 Å². The lowest BCUT2D eigenvalue weighted by molar-refractivity contribution is -0.124. The second-order valence-electron chi connectivity index (χ2n) is 6.12. The summed E-state index contributed by atoms with van der Waals surface area (Å²) >= 11 is 0. The van der Waals surface area contributed by atoms with Crippen LogP contribution in [0.15, 0.2) is 36.4 Å². The Balaban J connectivity index is 1.53. The first kappa shape index (κ1) is 19.5. The van der Waals surface area contributed by atoms with Crippen molar-refractivity contribution in [3.05, 3.63) is 53.3 Å². The molecule has 1 aliphatic heterocycles. The second-order valence-corrected chi connectivity index (χ2v) is 6.12. The number of rotatable bonds is 6. The lowest BCUT2D eigenvalue weighted by Gasteiger charge is -2.21. The predicted molar refractivity (Wildman–Crippen MR) is 97.2 cm³/mol. The Bertz CT molecular complexity index is 885. The summed E-state index contributed by atoms with van der Waals surface area (Å²) in [5, 5.41) is 2.73. The van der Waals surface area contributed by atoms with Gasteiger partial charge >= 0.3 is 5.97 Å². The summed E-state index contributed by atoms with van der Waals surface area (Å²) in [7, 11) is 1.32. The Hall–Kier alpha value is -3.29. The van der Waals surface area contributed by atoms with Gasteiger partial charge in [0.2, 0.25) is 0 Å². The van der Waals surface area contributed by atoms with E-state index >= 15 is 0 Å². The number of halogens is 1. The van der Waals surface area contributed by atoms with Gasteiger partial charge in [-0.2, -0.15) is 0 Å². The standard InChI is InChI=1S/C20H20FNO6/c1-12(13-3-6-17-18(10-13)27-8-7-26-17)22-19(23)11-28-20(24)14-4-5-16(25-2)15(21)9-14/h3-6,9-10,12H,7-8,11H2,1-2H3,(H,22,23). The molecule has 148 valence electrons. The van der Waals surface area contributed by atoms with E-state index in [4.69, 9.17) is 18.9 Å². The average molecular weight is 389 g/mol. The van der Waals surface area contributed by atoms with Crippen molar-refractivity contribution in [3.63, 3.8) is 0 Å². The smallest absolute Gasteiger partial charge is 0.338 e. The zero-order valence-electron chi connectivity index (χ0n) is 15.5. The number of carbonyl (C=O) groups is 2. The Morgan fingerprint density at radius 3 is 2.61 bits per heavy atom. The maximum Gasteiger partial charge on any atom is 0.338 e. The van der Waals surface area contributed by atoms with E-state index in [1.165, 1.54) is 19.2 Å². The molecule has 1 N–H and O–H groups in total. The highest BCUT2D eigenvalue weighted by Gasteiger charge is 2.17. The van der Waals surface area contributed by atoms with E-state index < -0.39 is 24.3 Å². The zero-order valence-corrected chi connectivity index (χ0v) is 15.5. The summed E-state index contributed by atoms with van der Waals surface area (Å²) in [5.41, 5.74) is 0.812. The summed E-state index contributed by atoms with van der Waals surface area (Å²) in [5.74, 6) is -0.670. The highest BCUT2D eigenvalue weighted by atomic mass is 19.1. The van der Waals surface area contributed by atoms with Crippen molar-refractivity contribution in [1.29, 1.82) is 0 Å². The van der Waals surface area contributed by atoms with Crippen molar-refractivity contribution in [1.82, 2.24) is 5.32 Å². The van der Waals surface area contributed by atoms with Crippen LogP contribution in [0.1, 0.15) is 28.9 Å². The van der Waals surface area contributed by atoms with Crippen LogP contribution in [0.2, 0.25) is 0 Å². The van der Waals surface area contributed by atoms with E-state index in [0.717, 1.165) is 11.6 Å². The van der Waals surface area contributed by atoms with Crippen molar-refractivity contribution in [3.8, 4) is 17.2 Å². The molecule has 0 aromatic heterocycles. The largest absolute Gasteiger partial charge is 0.494 e. The van der Waals surface area contributed by atoms with Gasteiger partial charge in [0.25, 0.3) is 5.91 Å². The first-order valence-corrected chi connectivity index (χ1v) is 8.67. The Morgan fingerprint density at radius 1 is 1.14 bits per heavy atom. The van der Waals surface area contributed by atoms with Crippen LogP contribution in [-0.2, 0) is 9.53 Å². The molecule has 2 aromatic carbocycles. The van der Waals surface area contributed by atoms with Crippen LogP contribution in [0, 0.1) is 5.82 Å². The SMILES string of the molecule is COc1ccc(C(=O)OCC(=O)NC(C)c2ccc3c(c2)OCCO3)cc1F. The minimum atomic E-state index is -0.802. The number of methoxy groups -OCH3 is 1. The maximum atomic E-state index is 13.7. The fourth-order valence-electron chi connectivity index (χ4n) is 2.70. The monoisotopic (exact) mass is 389 g/mol. The van der Waals surface area contributed by atoms with E-state index in [0.29, 0.717) is 24.7 Å². The van der Waals surface area contributed by atoms with Crippen molar-refractivity contribution in [2.75, 3.05) is 26.9 Å². The van der Waals surface area contributed by atoms with Gasteiger partial charge in [0, 0.05) is 0 Å². The van der Waals surface area contributed by atoms with Crippen LogP contribution in [-0.4, -0.2) is 38.8 Å². The van der Waals surface area contributed by atoms with Gasteiger partial charge in [0.1, 0.15) is 13.2 Å². The molecule has 0 saturated carbocycles. The van der Waals surface area contributed by atoms with Gasteiger partial charge in [0.15, 0.2) is 29.7 Å². The normalized spacial score (nSPS) is 13.4. The van der Waals surface area contributed by atoms with Gasteiger partial charge in [-0.1, -0.05) is 6.07 Å². The number of amides is 1. The summed E-state index contributed by atoms with van der Waals surface area (Å²) in [6.07, 6.45) is 0. The molecule has 8 heteroatoms. The molecule has 7 nitrogen and oxygen atoms in total. The van der Waals surface area contributed by atoms with Crippen LogP contribution < -0.4 is 19.5 Å². The molecule has 2 aromatic rings. The molecule has 0 radical (unpaired) electrons. The number of hydrogen-bond donors (Lipinski definition) is 1. The molecular formula is C20H20FNO6. The third-order valence-corrected chi connectivity index (χ3v) is 4.17. The Labute approximate surface area is 161 Å². The molecule has 1 aliphatic rings. The fraction of sp³-hybridized carbons (Fsp3) is 0.300. The summed E-state index contributed by atoms with van der Waals surface area (Å²) in [6, 6.07) is 8.74. The minimum Gasteiger partial charge on any atom is -0.494 e. The second kappa shape index (κ2) is 8.60. The zero-order chi connectivity index (χ0) is 20.1. The fourth-order valence-corrected chi connectivity index (χ4v) is 2.70. The first-order chi connectivity index (χ1) is 13.5. The average Bonchev–Trinajstić information content (AvgIpc) is 2.71. The number of fused-ring (bicyclic) bond motifs is 1. The van der Waals surface area contributed by atoms with Crippen LogP contribution >= 0.6 is 0 Å². The topological polar surface area (TPSA) is 83.1 Å². The molecule has 0 fully saturated rings. The van der Waals surface area contributed by atoms with E-state index in [1.54, 1.807) is 19.1 Å². The maximum absolute atomic E-state index is 13.7. The van der Waals surface area contributed by atoms with Gasteiger partial charge in [-0.3, -0.25) is 4.79 Å². The van der Waals surface area contributed by atoms with Crippen molar-refractivity contribution in [2.45, 2.75) is 13.0 Å². The quantitative estimate of drug-likeness (QED) is 0.765. The molecule has 1 atom stereocenters. The predicted octanol–water partition coefficient (Wildman–Crippen LogP) is 2.64. The van der Waals surface area contributed by atoms with Crippen LogP contribution in [0.5, 0.6) is 17.2 Å².